The standard InChI is InChI=1S/C29H35F3N4O4S2.C3H8.CH2O2.H2S/c1-33-17-22(35-16-19-6-4-15-36(19)26(37)18-34-2)25-11-10-24(41-25)20-8-9-23(40-42(38,39)29(30,31)32)27-21(20)7-3-12-28(27)13-5-14-28;1-3-2;2-1-3;/h8-11,17,19,34-35H,1,3-7,12-16,18H2,2H3;3H2,1-2H3;1H,(H,2,3);1H2/b22-17-;;;. The topological polar surface area (TPSA) is 137 Å². The van der Waals surface area contributed by atoms with Crippen molar-refractivity contribution in [3.05, 3.63) is 46.5 Å². The molecule has 2 aliphatic carbocycles. The number of thiophene rings is 1. The van der Waals surface area contributed by atoms with E-state index in [1.54, 1.807) is 19.3 Å². The summed E-state index contributed by atoms with van der Waals surface area (Å²) in [6.07, 6.45) is 9.53. The summed E-state index contributed by atoms with van der Waals surface area (Å²) in [5.41, 5.74) is -2.78. The van der Waals surface area contributed by atoms with Crippen LogP contribution in [0.25, 0.3) is 16.1 Å². The SMILES string of the molecule is C=N/C=C(\NCC1CCCN1C(=O)CNC)c1ccc(-c2ccc(OS(=O)(=O)C(F)(F)F)c3c2CCCC32CCC2)s1.CCC.O=CO.S. The molecule has 1 atom stereocenters. The van der Waals surface area contributed by atoms with Gasteiger partial charge in [-0.2, -0.15) is 35.1 Å². The van der Waals surface area contributed by atoms with E-state index in [0.29, 0.717) is 25.1 Å². The lowest BCUT2D eigenvalue weighted by Crippen LogP contribution is -2.44. The number of benzene rings is 1. The molecule has 5 rings (SSSR count). The number of nitrogens with zero attached hydrogens (tertiary/aromatic N) is 2. The summed E-state index contributed by atoms with van der Waals surface area (Å²) in [4.78, 5) is 28.5. The van der Waals surface area contributed by atoms with E-state index >= 15 is 0 Å². The molecule has 1 aromatic heterocycles. The summed E-state index contributed by atoms with van der Waals surface area (Å²) in [6.45, 7) is 9.18. The first-order valence-electron chi connectivity index (χ1n) is 16.0. The number of fused-ring (bicyclic) bond motifs is 2. The fourth-order valence-corrected chi connectivity index (χ4v) is 8.05. The number of hydrogen-bond donors (Lipinski definition) is 3. The smallest absolute Gasteiger partial charge is 0.483 e. The van der Waals surface area contributed by atoms with Gasteiger partial charge in [0.15, 0.2) is 0 Å². The van der Waals surface area contributed by atoms with Crippen LogP contribution in [0, 0.1) is 0 Å². The van der Waals surface area contributed by atoms with Gasteiger partial charge in [-0.1, -0.05) is 26.7 Å². The number of alkyl halides is 3. The zero-order valence-electron chi connectivity index (χ0n) is 28.1. The Hall–Kier alpha value is -3.08. The maximum absolute atomic E-state index is 13.2. The number of aliphatic imine (C=N–C) groups is 1. The Morgan fingerprint density at radius 2 is 1.84 bits per heavy atom. The minimum Gasteiger partial charge on any atom is -0.483 e. The molecule has 1 aromatic carbocycles. The first-order chi connectivity index (χ1) is 22.8. The lowest BCUT2D eigenvalue weighted by molar-refractivity contribution is -0.130. The van der Waals surface area contributed by atoms with Crippen LogP contribution in [-0.2, 0) is 31.5 Å². The summed E-state index contributed by atoms with van der Waals surface area (Å²) < 4.78 is 68.4. The van der Waals surface area contributed by atoms with Crippen LogP contribution in [-0.4, -0.2) is 75.8 Å². The molecule has 1 aliphatic heterocycles. The Balaban J connectivity index is 0.00000111. The number of halogens is 3. The normalized spacial score (nSPS) is 18.0. The Kier molecular flexibility index (Phi) is 16.1. The third-order valence-corrected chi connectivity index (χ3v) is 10.7. The highest BCUT2D eigenvalue weighted by atomic mass is 32.2. The summed E-state index contributed by atoms with van der Waals surface area (Å²) in [6, 6.07) is 7.01. The van der Waals surface area contributed by atoms with Gasteiger partial charge >= 0.3 is 15.6 Å². The summed E-state index contributed by atoms with van der Waals surface area (Å²) in [5.74, 6) is -0.147. The second-order valence-corrected chi connectivity index (χ2v) is 14.6. The van der Waals surface area contributed by atoms with Crippen molar-refractivity contribution < 1.29 is 40.5 Å². The maximum Gasteiger partial charge on any atom is 0.534 e. The average molecular weight is 749 g/mol. The van der Waals surface area contributed by atoms with E-state index in [2.05, 4.69) is 36.2 Å². The van der Waals surface area contributed by atoms with Gasteiger partial charge in [0.05, 0.1) is 23.3 Å². The number of rotatable bonds is 10. The molecule has 1 saturated carbocycles. The number of carboxylic acid groups (broad SMARTS) is 1. The molecule has 0 radical (unpaired) electrons. The fraction of sp³-hybridized carbons (Fsp3) is 0.545. The minimum absolute atomic E-state index is 0. The van der Waals surface area contributed by atoms with Gasteiger partial charge in [-0.3, -0.25) is 14.6 Å². The molecule has 1 spiro atoms. The third-order valence-electron chi connectivity index (χ3n) is 8.59. The van der Waals surface area contributed by atoms with Crippen molar-refractivity contribution in [2.24, 2.45) is 4.99 Å². The number of carbonyl (C=O) groups is 2. The first kappa shape index (κ1) is 42.1. The van der Waals surface area contributed by atoms with Crippen molar-refractivity contribution in [2.75, 3.05) is 26.7 Å². The van der Waals surface area contributed by atoms with Gasteiger partial charge in [-0.15, -0.1) is 11.3 Å². The summed E-state index contributed by atoms with van der Waals surface area (Å²) in [7, 11) is -4.04. The Morgan fingerprint density at radius 3 is 2.41 bits per heavy atom. The van der Waals surface area contributed by atoms with Crippen LogP contribution in [0.1, 0.15) is 81.2 Å². The second kappa shape index (κ2) is 18.8. The lowest BCUT2D eigenvalue weighted by atomic mass is 9.57. The van der Waals surface area contributed by atoms with Gasteiger partial charge in [-0.05, 0) is 99.5 Å². The van der Waals surface area contributed by atoms with Crippen molar-refractivity contribution in [1.29, 1.82) is 0 Å². The zero-order chi connectivity index (χ0) is 35.5. The van der Waals surface area contributed by atoms with E-state index in [1.807, 2.05) is 17.0 Å². The van der Waals surface area contributed by atoms with Gasteiger partial charge in [0, 0.05) is 29.6 Å². The monoisotopic (exact) mass is 748 g/mol. The number of likely N-dealkylation sites (tertiary alicyclic amines) is 1. The largest absolute Gasteiger partial charge is 0.534 e. The van der Waals surface area contributed by atoms with Crippen LogP contribution in [0.5, 0.6) is 5.75 Å². The van der Waals surface area contributed by atoms with E-state index in [1.165, 1.54) is 23.8 Å². The number of likely N-dealkylation sites (N-methyl/N-ethyl adjacent to an activating group) is 1. The number of carbonyl (C=O) groups excluding carboxylic acids is 1. The number of hydrogen-bond acceptors (Lipinski definition) is 9. The first-order valence-corrected chi connectivity index (χ1v) is 18.2. The summed E-state index contributed by atoms with van der Waals surface area (Å²) >= 11 is 1.51. The third kappa shape index (κ3) is 10.0. The Morgan fingerprint density at radius 1 is 1.18 bits per heavy atom. The molecule has 2 heterocycles. The van der Waals surface area contributed by atoms with Gasteiger partial charge in [0.1, 0.15) is 5.75 Å². The van der Waals surface area contributed by atoms with E-state index in [4.69, 9.17) is 14.1 Å². The molecule has 10 nitrogen and oxygen atoms in total. The Labute approximate surface area is 297 Å². The van der Waals surface area contributed by atoms with Gasteiger partial charge in [0.2, 0.25) is 5.91 Å². The summed E-state index contributed by atoms with van der Waals surface area (Å²) in [5, 5.41) is 13.2. The van der Waals surface area contributed by atoms with Gasteiger partial charge in [0.25, 0.3) is 6.47 Å². The average Bonchev–Trinajstić information content (AvgIpc) is 3.69. The van der Waals surface area contributed by atoms with E-state index in [-0.39, 0.29) is 43.1 Å². The molecule has 49 heavy (non-hydrogen) atoms. The molecular formula is C33H47F3N4O6S3. The van der Waals surface area contributed by atoms with Crippen molar-refractivity contribution in [2.45, 2.75) is 88.6 Å². The second-order valence-electron chi connectivity index (χ2n) is 11.9. The lowest BCUT2D eigenvalue weighted by Gasteiger charge is -2.47. The van der Waals surface area contributed by atoms with Crippen LogP contribution < -0.4 is 14.8 Å². The predicted molar refractivity (Wildman–Crippen MR) is 193 cm³/mol. The van der Waals surface area contributed by atoms with Crippen LogP contribution in [0.4, 0.5) is 13.2 Å². The van der Waals surface area contributed by atoms with E-state index in [0.717, 1.165) is 78.1 Å². The highest BCUT2D eigenvalue weighted by Crippen LogP contribution is 2.56. The molecule has 2 aromatic rings. The van der Waals surface area contributed by atoms with Crippen LogP contribution in [0.15, 0.2) is 35.5 Å². The minimum atomic E-state index is -5.79. The molecule has 1 amide bonds. The maximum atomic E-state index is 13.2. The molecular weight excluding hydrogens is 702 g/mol. The van der Waals surface area contributed by atoms with Crippen LogP contribution >= 0.6 is 24.8 Å². The zero-order valence-corrected chi connectivity index (χ0v) is 30.7. The van der Waals surface area contributed by atoms with E-state index < -0.39 is 15.6 Å². The number of amides is 1. The molecule has 2 fully saturated rings. The highest BCUT2D eigenvalue weighted by Gasteiger charge is 2.51. The molecule has 274 valence electrons. The Bertz CT molecular complexity index is 1560. The van der Waals surface area contributed by atoms with Gasteiger partial charge < -0.3 is 24.8 Å². The quantitative estimate of drug-likeness (QED) is 0.110. The molecule has 3 N–H and O–H groups in total. The molecule has 1 saturated heterocycles. The number of nitrogens with one attached hydrogen (secondary N) is 2. The predicted octanol–water partition coefficient (Wildman–Crippen LogP) is 6.43. The van der Waals surface area contributed by atoms with Crippen molar-refractivity contribution in [3.63, 3.8) is 0 Å². The molecule has 16 heteroatoms. The molecule has 0 bridgehead atoms. The fourth-order valence-electron chi connectivity index (χ4n) is 6.54. The van der Waals surface area contributed by atoms with Crippen molar-refractivity contribution in [1.82, 2.24) is 15.5 Å². The molecule has 1 unspecified atom stereocenters. The molecule has 3 aliphatic rings. The van der Waals surface area contributed by atoms with Crippen LogP contribution in [0.3, 0.4) is 0 Å². The van der Waals surface area contributed by atoms with Crippen molar-refractivity contribution in [3.8, 4) is 16.2 Å². The van der Waals surface area contributed by atoms with Crippen molar-refractivity contribution >= 4 is 59.7 Å². The highest BCUT2D eigenvalue weighted by molar-refractivity contribution is 7.88. The van der Waals surface area contributed by atoms with Crippen LogP contribution in [0.2, 0.25) is 0 Å². The van der Waals surface area contributed by atoms with Gasteiger partial charge in [-0.25, -0.2) is 0 Å². The van der Waals surface area contributed by atoms with E-state index in [9.17, 15) is 26.4 Å².